The third kappa shape index (κ3) is 4.10. The van der Waals surface area contributed by atoms with Crippen molar-refractivity contribution in [3.8, 4) is 0 Å². The quantitative estimate of drug-likeness (QED) is 0.602. The maximum Gasteiger partial charge on any atom is 0.243 e. The molecule has 1 aromatic carbocycles. The summed E-state index contributed by atoms with van der Waals surface area (Å²) in [7, 11) is 2.07. The number of likely N-dealkylation sites (N-methyl/N-ethyl adjacent to an activating group) is 1. The zero-order chi connectivity index (χ0) is 15.0. The number of halogens is 2. The van der Waals surface area contributed by atoms with E-state index in [1.54, 1.807) is 0 Å². The second-order valence-electron chi connectivity index (χ2n) is 5.42. The van der Waals surface area contributed by atoms with Gasteiger partial charge in [0.05, 0.1) is 34.2 Å². The highest BCUT2D eigenvalue weighted by Gasteiger charge is 2.22. The highest BCUT2D eigenvalue weighted by Crippen LogP contribution is 2.22. The highest BCUT2D eigenvalue weighted by atomic mass is 35.5. The standard InChI is InChI=1S/C11H16FN4O3S.ClH/c1-16(2,3)7-6-13-20(17,18)9-5-4-8(12)10-11(9)15-19-14-10;/h4-5,13H,6-7H2,1-3H3;1H/q+1;/p-1. The Kier molecular flexibility index (Phi) is 5.26. The summed E-state index contributed by atoms with van der Waals surface area (Å²) >= 11 is 0. The average Bonchev–Trinajstić information content (AvgIpc) is 2.76. The Hall–Kier alpha value is -1.29. The molecule has 0 unspecified atom stereocenters. The zero-order valence-electron chi connectivity index (χ0n) is 11.8. The van der Waals surface area contributed by atoms with Gasteiger partial charge in [-0.2, -0.15) is 0 Å². The Morgan fingerprint density at radius 3 is 2.48 bits per heavy atom. The van der Waals surface area contributed by atoms with E-state index in [4.69, 9.17) is 0 Å². The molecule has 0 fully saturated rings. The molecule has 7 nitrogen and oxygen atoms in total. The van der Waals surface area contributed by atoms with Gasteiger partial charge in [-0.1, -0.05) is 0 Å². The summed E-state index contributed by atoms with van der Waals surface area (Å²) in [6, 6.07) is 2.18. The molecular weight excluding hydrogens is 323 g/mol. The molecule has 0 spiro atoms. The van der Waals surface area contributed by atoms with E-state index in [-0.39, 0.29) is 34.9 Å². The minimum absolute atomic E-state index is 0. The molecule has 0 aliphatic heterocycles. The molecule has 0 amide bonds. The van der Waals surface area contributed by atoms with E-state index in [9.17, 15) is 12.8 Å². The van der Waals surface area contributed by atoms with Crippen molar-refractivity contribution in [2.24, 2.45) is 0 Å². The zero-order valence-corrected chi connectivity index (χ0v) is 13.4. The van der Waals surface area contributed by atoms with Gasteiger partial charge in [-0.15, -0.1) is 0 Å². The molecule has 1 N–H and O–H groups in total. The van der Waals surface area contributed by atoms with E-state index in [2.05, 4.69) is 19.7 Å². The Labute approximate surface area is 128 Å². The number of hydrogen-bond acceptors (Lipinski definition) is 5. The smallest absolute Gasteiger partial charge is 0.243 e. The first-order valence-electron chi connectivity index (χ1n) is 5.92. The van der Waals surface area contributed by atoms with Gasteiger partial charge >= 0.3 is 0 Å². The molecule has 2 rings (SSSR count). The molecule has 0 aliphatic rings. The van der Waals surface area contributed by atoms with Gasteiger partial charge in [0, 0.05) is 0 Å². The van der Waals surface area contributed by atoms with Crippen LogP contribution in [0.5, 0.6) is 0 Å². The lowest BCUT2D eigenvalue weighted by Crippen LogP contribution is -3.00. The number of rotatable bonds is 5. The van der Waals surface area contributed by atoms with Crippen molar-refractivity contribution in [1.82, 2.24) is 15.0 Å². The van der Waals surface area contributed by atoms with Crippen LogP contribution in [0.3, 0.4) is 0 Å². The van der Waals surface area contributed by atoms with E-state index in [0.29, 0.717) is 11.0 Å². The minimum atomic E-state index is -3.79. The van der Waals surface area contributed by atoms with E-state index < -0.39 is 15.8 Å². The summed E-state index contributed by atoms with van der Waals surface area (Å²) in [5, 5.41) is 6.81. The van der Waals surface area contributed by atoms with Crippen molar-refractivity contribution in [2.45, 2.75) is 4.90 Å². The SMILES string of the molecule is C[N+](C)(C)CCNS(=O)(=O)c1ccc(F)c2nonc12.[Cl-]. The van der Waals surface area contributed by atoms with E-state index >= 15 is 0 Å². The predicted octanol–water partition coefficient (Wildman–Crippen LogP) is -2.65. The average molecular weight is 339 g/mol. The van der Waals surface area contributed by atoms with Crippen molar-refractivity contribution in [2.75, 3.05) is 34.2 Å². The van der Waals surface area contributed by atoms with Crippen LogP contribution in [0.4, 0.5) is 4.39 Å². The van der Waals surface area contributed by atoms with Gasteiger partial charge in [0.15, 0.2) is 16.9 Å². The third-order valence-electron chi connectivity index (χ3n) is 2.69. The molecule has 0 radical (unpaired) electrons. The van der Waals surface area contributed by atoms with Crippen molar-refractivity contribution < 1.29 is 34.3 Å². The van der Waals surface area contributed by atoms with Crippen LogP contribution in [0, 0.1) is 5.82 Å². The molecule has 118 valence electrons. The number of aromatic nitrogens is 2. The number of hydrogen-bond donors (Lipinski definition) is 1. The first-order chi connectivity index (χ1) is 9.21. The molecule has 0 atom stereocenters. The molecular formula is C11H16ClFN4O3S. The van der Waals surface area contributed by atoms with Crippen molar-refractivity contribution >= 4 is 21.1 Å². The van der Waals surface area contributed by atoms with E-state index in [1.165, 1.54) is 0 Å². The number of nitrogens with zero attached hydrogens (tertiary/aromatic N) is 3. The first kappa shape index (κ1) is 17.8. The summed E-state index contributed by atoms with van der Waals surface area (Å²) in [6.45, 7) is 0.872. The third-order valence-corrected chi connectivity index (χ3v) is 4.19. The minimum Gasteiger partial charge on any atom is -1.00 e. The molecule has 1 aromatic heterocycles. The second-order valence-corrected chi connectivity index (χ2v) is 7.15. The number of nitrogens with one attached hydrogen (secondary N) is 1. The fraction of sp³-hybridized carbons (Fsp3) is 0.455. The first-order valence-corrected chi connectivity index (χ1v) is 7.40. The van der Waals surface area contributed by atoms with E-state index in [1.807, 2.05) is 21.1 Å². The molecule has 0 bridgehead atoms. The number of fused-ring (bicyclic) bond motifs is 1. The van der Waals surface area contributed by atoms with Crippen LogP contribution < -0.4 is 17.1 Å². The topological polar surface area (TPSA) is 85.1 Å². The number of quaternary nitrogens is 1. The normalized spacial score (nSPS) is 12.4. The maximum atomic E-state index is 13.4. The lowest BCUT2D eigenvalue weighted by atomic mass is 10.3. The highest BCUT2D eigenvalue weighted by molar-refractivity contribution is 7.89. The lowest BCUT2D eigenvalue weighted by Gasteiger charge is -2.23. The van der Waals surface area contributed by atoms with Crippen LogP contribution in [0.2, 0.25) is 0 Å². The van der Waals surface area contributed by atoms with Gasteiger partial charge in [0.25, 0.3) is 0 Å². The van der Waals surface area contributed by atoms with Crippen molar-refractivity contribution in [1.29, 1.82) is 0 Å². The number of benzene rings is 1. The predicted molar refractivity (Wildman–Crippen MR) is 69.8 cm³/mol. The molecule has 2 aromatic rings. The number of sulfonamides is 1. The van der Waals surface area contributed by atoms with Crippen molar-refractivity contribution in [3.05, 3.63) is 17.9 Å². The Morgan fingerprint density at radius 2 is 1.86 bits per heavy atom. The summed E-state index contributed by atoms with van der Waals surface area (Å²) in [6.07, 6.45) is 0. The molecule has 0 saturated heterocycles. The van der Waals surface area contributed by atoms with Crippen molar-refractivity contribution in [3.63, 3.8) is 0 Å². The van der Waals surface area contributed by atoms with Gasteiger partial charge in [-0.05, 0) is 22.4 Å². The maximum absolute atomic E-state index is 13.4. The molecule has 10 heteroatoms. The van der Waals surface area contributed by atoms with Crippen LogP contribution in [0.15, 0.2) is 21.7 Å². The summed E-state index contributed by atoms with van der Waals surface area (Å²) in [5.74, 6) is -0.674. The second kappa shape index (κ2) is 6.22. The van der Waals surface area contributed by atoms with Crippen LogP contribution in [-0.2, 0) is 10.0 Å². The fourth-order valence-corrected chi connectivity index (χ4v) is 2.77. The van der Waals surface area contributed by atoms with Gasteiger partial charge in [0.1, 0.15) is 4.90 Å². The van der Waals surface area contributed by atoms with Crippen LogP contribution >= 0.6 is 0 Å². The van der Waals surface area contributed by atoms with Gasteiger partial charge < -0.3 is 16.9 Å². The molecule has 21 heavy (non-hydrogen) atoms. The summed E-state index contributed by atoms with van der Waals surface area (Å²) in [4.78, 5) is -0.142. The molecule has 1 heterocycles. The van der Waals surface area contributed by atoms with Crippen LogP contribution in [0.1, 0.15) is 0 Å². The van der Waals surface area contributed by atoms with Crippen LogP contribution in [-0.4, -0.2) is 57.4 Å². The summed E-state index contributed by atoms with van der Waals surface area (Å²) < 4.78 is 45.3. The summed E-state index contributed by atoms with van der Waals surface area (Å²) in [5.41, 5.74) is -0.303. The van der Waals surface area contributed by atoms with Gasteiger partial charge in [-0.25, -0.2) is 22.2 Å². The Morgan fingerprint density at radius 1 is 1.24 bits per heavy atom. The lowest BCUT2D eigenvalue weighted by molar-refractivity contribution is -0.869. The Bertz CT molecular complexity index is 727. The monoisotopic (exact) mass is 338 g/mol. The largest absolute Gasteiger partial charge is 1.00 e. The molecule has 0 aliphatic carbocycles. The van der Waals surface area contributed by atoms with Gasteiger partial charge in [0.2, 0.25) is 10.0 Å². The van der Waals surface area contributed by atoms with Crippen LogP contribution in [0.25, 0.3) is 11.0 Å². The van der Waals surface area contributed by atoms with E-state index in [0.717, 1.165) is 12.1 Å². The molecule has 0 saturated carbocycles. The fourth-order valence-electron chi connectivity index (χ4n) is 1.62. The Balaban J connectivity index is 0.00000220. The van der Waals surface area contributed by atoms with Gasteiger partial charge in [-0.3, -0.25) is 0 Å².